The molecule has 0 saturated carbocycles. The van der Waals surface area contributed by atoms with Crippen LogP contribution < -0.4 is 15.4 Å². The number of rotatable bonds is 8. The average molecular weight is 363 g/mol. The number of amides is 2. The molecule has 7 heteroatoms. The number of morpholine rings is 1. The van der Waals surface area contributed by atoms with Crippen molar-refractivity contribution >= 4 is 11.7 Å². The summed E-state index contributed by atoms with van der Waals surface area (Å²) in [4.78, 5) is 14.3. The van der Waals surface area contributed by atoms with Gasteiger partial charge in [0.15, 0.2) is 0 Å². The van der Waals surface area contributed by atoms with Crippen LogP contribution in [0.5, 0.6) is 5.75 Å². The Morgan fingerprint density at radius 3 is 2.73 bits per heavy atom. The molecule has 0 aromatic heterocycles. The predicted octanol–water partition coefficient (Wildman–Crippen LogP) is 2.09. The maximum atomic E-state index is 11.9. The zero-order valence-corrected chi connectivity index (χ0v) is 15.2. The third-order valence-electron chi connectivity index (χ3n) is 4.61. The van der Waals surface area contributed by atoms with E-state index in [2.05, 4.69) is 15.5 Å². The molecule has 0 spiro atoms. The number of nitrogens with one attached hydrogen (secondary N) is 2. The molecular formula is C19H29N3O4. The van der Waals surface area contributed by atoms with E-state index in [1.807, 2.05) is 24.3 Å². The zero-order valence-electron chi connectivity index (χ0n) is 15.2. The van der Waals surface area contributed by atoms with E-state index in [1.54, 1.807) is 0 Å². The molecule has 2 aliphatic heterocycles. The van der Waals surface area contributed by atoms with Crippen molar-refractivity contribution in [2.45, 2.75) is 25.4 Å². The van der Waals surface area contributed by atoms with Crippen LogP contribution >= 0.6 is 0 Å². The highest BCUT2D eigenvalue weighted by atomic mass is 16.5. The van der Waals surface area contributed by atoms with Gasteiger partial charge >= 0.3 is 6.03 Å². The lowest BCUT2D eigenvalue weighted by Gasteiger charge is -2.26. The van der Waals surface area contributed by atoms with Crippen LogP contribution in [0.4, 0.5) is 10.5 Å². The molecule has 7 nitrogen and oxygen atoms in total. The molecule has 1 atom stereocenters. The van der Waals surface area contributed by atoms with Gasteiger partial charge in [-0.15, -0.1) is 0 Å². The lowest BCUT2D eigenvalue weighted by molar-refractivity contribution is 0.0375. The van der Waals surface area contributed by atoms with Crippen LogP contribution in [0.25, 0.3) is 0 Å². The predicted molar refractivity (Wildman–Crippen MR) is 99.8 cm³/mol. The average Bonchev–Trinajstić information content (AvgIpc) is 3.19. The van der Waals surface area contributed by atoms with Crippen molar-refractivity contribution in [3.63, 3.8) is 0 Å². The van der Waals surface area contributed by atoms with E-state index in [-0.39, 0.29) is 12.1 Å². The number of nitrogens with zero attached hydrogens (tertiary/aromatic N) is 1. The number of ether oxygens (including phenoxy) is 3. The summed E-state index contributed by atoms with van der Waals surface area (Å²) in [5, 5.41) is 5.73. The maximum Gasteiger partial charge on any atom is 0.319 e. The van der Waals surface area contributed by atoms with Crippen molar-refractivity contribution in [3.8, 4) is 5.75 Å². The third-order valence-corrected chi connectivity index (χ3v) is 4.61. The Bertz CT molecular complexity index is 540. The standard InChI is InChI=1S/C19H29N3O4/c23-19(20-8-2-9-22-10-13-24-14-11-22)21-16-4-6-17(7-5-16)26-15-18-3-1-12-25-18/h4-7,18H,1-3,8-15H2,(H2,20,21,23). The van der Waals surface area contributed by atoms with Crippen molar-refractivity contribution in [2.75, 3.05) is 57.9 Å². The molecule has 2 heterocycles. The van der Waals surface area contributed by atoms with Gasteiger partial charge in [-0.25, -0.2) is 4.79 Å². The molecule has 0 aliphatic carbocycles. The summed E-state index contributed by atoms with van der Waals surface area (Å²) in [6.07, 6.45) is 3.31. The summed E-state index contributed by atoms with van der Waals surface area (Å²) in [6.45, 7) is 6.63. The van der Waals surface area contributed by atoms with E-state index in [9.17, 15) is 4.79 Å². The Labute approximate surface area is 155 Å². The van der Waals surface area contributed by atoms with E-state index in [0.717, 1.165) is 70.2 Å². The van der Waals surface area contributed by atoms with Gasteiger partial charge in [-0.2, -0.15) is 0 Å². The van der Waals surface area contributed by atoms with E-state index in [1.165, 1.54) is 0 Å². The summed E-state index contributed by atoms with van der Waals surface area (Å²) in [5.41, 5.74) is 0.750. The Kier molecular flexibility index (Phi) is 7.54. The highest BCUT2D eigenvalue weighted by Crippen LogP contribution is 2.18. The molecule has 144 valence electrons. The number of hydrogen-bond donors (Lipinski definition) is 2. The van der Waals surface area contributed by atoms with E-state index < -0.39 is 0 Å². The molecule has 0 radical (unpaired) electrons. The van der Waals surface area contributed by atoms with Crippen LogP contribution in [0, 0.1) is 0 Å². The van der Waals surface area contributed by atoms with Crippen molar-refractivity contribution in [1.29, 1.82) is 0 Å². The second-order valence-electron chi connectivity index (χ2n) is 6.66. The monoisotopic (exact) mass is 363 g/mol. The minimum absolute atomic E-state index is 0.181. The first kappa shape index (κ1) is 18.9. The zero-order chi connectivity index (χ0) is 18.0. The molecule has 2 amide bonds. The van der Waals surface area contributed by atoms with Gasteiger partial charge in [0.1, 0.15) is 12.4 Å². The van der Waals surface area contributed by atoms with Crippen molar-refractivity contribution in [2.24, 2.45) is 0 Å². The third kappa shape index (κ3) is 6.48. The lowest BCUT2D eigenvalue weighted by atomic mass is 10.2. The van der Waals surface area contributed by atoms with Crippen molar-refractivity contribution in [3.05, 3.63) is 24.3 Å². The first-order chi connectivity index (χ1) is 12.8. The molecule has 2 fully saturated rings. The Morgan fingerprint density at radius 1 is 1.19 bits per heavy atom. The van der Waals surface area contributed by atoms with Crippen LogP contribution in [-0.4, -0.2) is 69.6 Å². The normalized spacial score (nSPS) is 20.7. The summed E-state index contributed by atoms with van der Waals surface area (Å²) in [6, 6.07) is 7.24. The smallest absolute Gasteiger partial charge is 0.319 e. The van der Waals surface area contributed by atoms with Gasteiger partial charge in [-0.05, 0) is 50.1 Å². The van der Waals surface area contributed by atoms with Crippen LogP contribution in [0.1, 0.15) is 19.3 Å². The van der Waals surface area contributed by atoms with Gasteiger partial charge in [0, 0.05) is 31.9 Å². The molecular weight excluding hydrogens is 334 g/mol. The number of carbonyl (C=O) groups is 1. The summed E-state index contributed by atoms with van der Waals surface area (Å²) in [5.74, 6) is 0.789. The number of urea groups is 1. The summed E-state index contributed by atoms with van der Waals surface area (Å²) in [7, 11) is 0. The highest BCUT2D eigenvalue weighted by Gasteiger charge is 2.16. The summed E-state index contributed by atoms with van der Waals surface area (Å²) >= 11 is 0. The number of hydrogen-bond acceptors (Lipinski definition) is 5. The Balaban J connectivity index is 1.29. The van der Waals surface area contributed by atoms with Crippen molar-refractivity contribution < 1.29 is 19.0 Å². The molecule has 3 rings (SSSR count). The quantitative estimate of drug-likeness (QED) is 0.692. The van der Waals surface area contributed by atoms with Gasteiger partial charge in [0.25, 0.3) is 0 Å². The number of anilines is 1. The topological polar surface area (TPSA) is 72.1 Å². The molecule has 1 unspecified atom stereocenters. The molecule has 2 N–H and O–H groups in total. The fourth-order valence-electron chi connectivity index (χ4n) is 3.10. The number of carbonyl (C=O) groups excluding carboxylic acids is 1. The Hall–Kier alpha value is -1.83. The first-order valence-corrected chi connectivity index (χ1v) is 9.49. The molecule has 0 bridgehead atoms. The van der Waals surface area contributed by atoms with Gasteiger partial charge in [-0.3, -0.25) is 4.90 Å². The van der Waals surface area contributed by atoms with Gasteiger partial charge in [0.05, 0.1) is 19.3 Å². The minimum Gasteiger partial charge on any atom is -0.491 e. The molecule has 1 aromatic carbocycles. The van der Waals surface area contributed by atoms with Crippen LogP contribution in [0.2, 0.25) is 0 Å². The molecule has 2 saturated heterocycles. The molecule has 26 heavy (non-hydrogen) atoms. The summed E-state index contributed by atoms with van der Waals surface area (Å²) < 4.78 is 16.6. The second kappa shape index (κ2) is 10.4. The van der Waals surface area contributed by atoms with E-state index in [0.29, 0.717) is 13.2 Å². The van der Waals surface area contributed by atoms with Crippen LogP contribution in [-0.2, 0) is 9.47 Å². The largest absolute Gasteiger partial charge is 0.491 e. The fraction of sp³-hybridized carbons (Fsp3) is 0.632. The van der Waals surface area contributed by atoms with Gasteiger partial charge in [-0.1, -0.05) is 0 Å². The number of benzene rings is 1. The minimum atomic E-state index is -0.181. The molecule has 2 aliphatic rings. The van der Waals surface area contributed by atoms with Crippen molar-refractivity contribution in [1.82, 2.24) is 10.2 Å². The van der Waals surface area contributed by atoms with Crippen LogP contribution in [0.3, 0.4) is 0 Å². The van der Waals surface area contributed by atoms with E-state index >= 15 is 0 Å². The Morgan fingerprint density at radius 2 is 2.00 bits per heavy atom. The van der Waals surface area contributed by atoms with Gasteiger partial charge in [0.2, 0.25) is 0 Å². The van der Waals surface area contributed by atoms with E-state index in [4.69, 9.17) is 14.2 Å². The van der Waals surface area contributed by atoms with Gasteiger partial charge < -0.3 is 24.8 Å². The second-order valence-corrected chi connectivity index (χ2v) is 6.66. The highest BCUT2D eigenvalue weighted by molar-refractivity contribution is 5.89. The fourth-order valence-corrected chi connectivity index (χ4v) is 3.10. The lowest BCUT2D eigenvalue weighted by Crippen LogP contribution is -2.38. The SMILES string of the molecule is O=C(NCCCN1CCOCC1)Nc1ccc(OCC2CCCO2)cc1. The van der Waals surface area contributed by atoms with Crippen LogP contribution in [0.15, 0.2) is 24.3 Å². The maximum absolute atomic E-state index is 11.9. The first-order valence-electron chi connectivity index (χ1n) is 9.49. The molecule has 1 aromatic rings.